The van der Waals surface area contributed by atoms with Gasteiger partial charge < -0.3 is 28.4 Å². The average Bonchev–Trinajstić information content (AvgIpc) is 2.48. The van der Waals surface area contributed by atoms with Gasteiger partial charge in [-0.1, -0.05) is 0 Å². The molecule has 0 aromatic heterocycles. The van der Waals surface area contributed by atoms with Gasteiger partial charge in [0.15, 0.2) is 30.7 Å². The highest BCUT2D eigenvalue weighted by molar-refractivity contribution is 5.77. The third-order valence-electron chi connectivity index (χ3n) is 3.07. The Labute approximate surface area is 138 Å². The van der Waals surface area contributed by atoms with Crippen molar-refractivity contribution >= 4 is 23.9 Å². The summed E-state index contributed by atoms with van der Waals surface area (Å²) in [5.74, 6) is -3.08. The molecule has 0 N–H and O–H groups in total. The zero-order valence-electron chi connectivity index (χ0n) is 14.0. The summed E-state index contributed by atoms with van der Waals surface area (Å²) in [5, 5.41) is 0. The Morgan fingerprint density at radius 2 is 1.21 bits per heavy atom. The van der Waals surface area contributed by atoms with E-state index in [1.54, 1.807) is 0 Å². The number of rotatable bonds is 5. The Kier molecular flexibility index (Phi) is 7.11. The van der Waals surface area contributed by atoms with E-state index in [-0.39, 0.29) is 0 Å². The molecular weight excluding hydrogens is 328 g/mol. The highest BCUT2D eigenvalue weighted by atomic mass is 16.7. The van der Waals surface area contributed by atoms with E-state index in [1.165, 1.54) is 7.11 Å². The van der Waals surface area contributed by atoms with Crippen LogP contribution in [-0.4, -0.2) is 68.8 Å². The largest absolute Gasteiger partial charge is 0.467 e. The number of carbonyl (C=O) groups is 4. The first-order chi connectivity index (χ1) is 11.2. The second kappa shape index (κ2) is 8.60. The van der Waals surface area contributed by atoms with Crippen LogP contribution in [0, 0.1) is 0 Å². The van der Waals surface area contributed by atoms with Crippen LogP contribution in [0.1, 0.15) is 20.8 Å². The van der Waals surface area contributed by atoms with E-state index in [0.717, 1.165) is 27.9 Å². The molecule has 10 heteroatoms. The van der Waals surface area contributed by atoms with Crippen molar-refractivity contribution in [1.29, 1.82) is 0 Å². The molecule has 10 nitrogen and oxygen atoms in total. The van der Waals surface area contributed by atoms with Crippen molar-refractivity contribution in [1.82, 2.24) is 0 Å². The number of hydrogen-bond acceptors (Lipinski definition) is 10. The molecule has 1 heterocycles. The first-order valence-electron chi connectivity index (χ1n) is 6.99. The van der Waals surface area contributed by atoms with Gasteiger partial charge in [-0.3, -0.25) is 14.4 Å². The molecule has 24 heavy (non-hydrogen) atoms. The predicted molar refractivity (Wildman–Crippen MR) is 74.3 cm³/mol. The van der Waals surface area contributed by atoms with Gasteiger partial charge in [-0.15, -0.1) is 0 Å². The van der Waals surface area contributed by atoms with Crippen LogP contribution in [0.3, 0.4) is 0 Å². The van der Waals surface area contributed by atoms with E-state index in [0.29, 0.717) is 0 Å². The second-order valence-electron chi connectivity index (χ2n) is 4.91. The first kappa shape index (κ1) is 19.8. The molecule has 0 bridgehead atoms. The topological polar surface area (TPSA) is 124 Å². The molecule has 1 aliphatic heterocycles. The predicted octanol–water partition coefficient (Wildman–Crippen LogP) is -0.674. The van der Waals surface area contributed by atoms with Crippen molar-refractivity contribution in [2.45, 2.75) is 51.5 Å². The number of hydrogen-bond donors (Lipinski definition) is 0. The third-order valence-corrected chi connectivity index (χ3v) is 3.07. The summed E-state index contributed by atoms with van der Waals surface area (Å²) >= 11 is 0. The molecule has 0 aromatic rings. The summed E-state index contributed by atoms with van der Waals surface area (Å²) in [4.78, 5) is 46.1. The Morgan fingerprint density at radius 1 is 0.750 bits per heavy atom. The van der Waals surface area contributed by atoms with Crippen molar-refractivity contribution < 1.29 is 47.6 Å². The van der Waals surface area contributed by atoms with Gasteiger partial charge in [0.2, 0.25) is 0 Å². The van der Waals surface area contributed by atoms with Gasteiger partial charge in [0.05, 0.1) is 7.11 Å². The van der Waals surface area contributed by atoms with Crippen molar-refractivity contribution in [3.8, 4) is 0 Å². The van der Waals surface area contributed by atoms with Crippen LogP contribution in [-0.2, 0) is 47.6 Å². The maximum atomic E-state index is 11.9. The van der Waals surface area contributed by atoms with Crippen LogP contribution in [0.4, 0.5) is 0 Å². The van der Waals surface area contributed by atoms with Crippen LogP contribution in [0.15, 0.2) is 0 Å². The zero-order chi connectivity index (χ0) is 18.4. The van der Waals surface area contributed by atoms with Crippen LogP contribution < -0.4 is 0 Å². The molecule has 1 saturated heterocycles. The van der Waals surface area contributed by atoms with Gasteiger partial charge in [-0.05, 0) is 0 Å². The minimum atomic E-state index is -1.43. The van der Waals surface area contributed by atoms with Gasteiger partial charge in [-0.25, -0.2) is 4.79 Å². The first-order valence-corrected chi connectivity index (χ1v) is 6.99. The zero-order valence-corrected chi connectivity index (χ0v) is 14.0. The standard InChI is InChI=1S/C14H20O10/c1-6(15)21-9-10(22-7(2)16)12(23-8(3)17)14(20-5)24-11(9)13(18)19-4/h9-12,14H,1-5H3/t9-,10-,11-,12+,14-/m0/s1. The molecule has 0 spiro atoms. The van der Waals surface area contributed by atoms with Crippen LogP contribution in [0.25, 0.3) is 0 Å². The molecule has 1 fully saturated rings. The summed E-state index contributed by atoms with van der Waals surface area (Å²) in [6.45, 7) is 3.34. The lowest BCUT2D eigenvalue weighted by molar-refractivity contribution is -0.296. The van der Waals surface area contributed by atoms with E-state index in [1.807, 2.05) is 0 Å². The lowest BCUT2D eigenvalue weighted by Gasteiger charge is -2.42. The smallest absolute Gasteiger partial charge is 0.339 e. The Balaban J connectivity index is 3.28. The Bertz CT molecular complexity index is 502. The van der Waals surface area contributed by atoms with Crippen LogP contribution in [0.5, 0.6) is 0 Å². The molecule has 0 aromatic carbocycles. The minimum Gasteiger partial charge on any atom is -0.467 e. The molecule has 0 aliphatic carbocycles. The van der Waals surface area contributed by atoms with Gasteiger partial charge in [0.25, 0.3) is 0 Å². The van der Waals surface area contributed by atoms with Gasteiger partial charge in [0, 0.05) is 27.9 Å². The molecular formula is C14H20O10. The SMILES string of the molecule is COC(=O)[C@H]1O[C@H](OC)[C@H](OC(C)=O)[C@@H](OC(C)=O)[C@@H]1OC(C)=O. The van der Waals surface area contributed by atoms with Gasteiger partial charge >= 0.3 is 23.9 Å². The van der Waals surface area contributed by atoms with Crippen LogP contribution >= 0.6 is 0 Å². The lowest BCUT2D eigenvalue weighted by Crippen LogP contribution is -2.63. The average molecular weight is 348 g/mol. The number of methoxy groups -OCH3 is 2. The fourth-order valence-corrected chi connectivity index (χ4v) is 2.27. The number of esters is 4. The number of ether oxygens (including phenoxy) is 6. The van der Waals surface area contributed by atoms with Gasteiger partial charge in [-0.2, -0.15) is 0 Å². The molecule has 1 rings (SSSR count). The van der Waals surface area contributed by atoms with E-state index >= 15 is 0 Å². The summed E-state index contributed by atoms with van der Waals surface area (Å²) < 4.78 is 30.3. The van der Waals surface area contributed by atoms with E-state index in [4.69, 9.17) is 23.7 Å². The van der Waals surface area contributed by atoms with Gasteiger partial charge in [0.1, 0.15) is 0 Å². The van der Waals surface area contributed by atoms with E-state index < -0.39 is 54.6 Å². The maximum absolute atomic E-state index is 11.9. The normalized spacial score (nSPS) is 29.3. The van der Waals surface area contributed by atoms with Crippen molar-refractivity contribution in [2.24, 2.45) is 0 Å². The molecule has 5 atom stereocenters. The number of carbonyl (C=O) groups excluding carboxylic acids is 4. The highest BCUT2D eigenvalue weighted by Gasteiger charge is 2.54. The van der Waals surface area contributed by atoms with Crippen molar-refractivity contribution in [3.05, 3.63) is 0 Å². The lowest BCUT2D eigenvalue weighted by atomic mass is 9.97. The summed E-state index contributed by atoms with van der Waals surface area (Å²) in [6.07, 6.45) is -6.62. The fraction of sp³-hybridized carbons (Fsp3) is 0.714. The third kappa shape index (κ3) is 4.90. The Morgan fingerprint density at radius 3 is 1.62 bits per heavy atom. The quantitative estimate of drug-likeness (QED) is 0.466. The molecule has 136 valence electrons. The van der Waals surface area contributed by atoms with Crippen molar-refractivity contribution in [2.75, 3.05) is 14.2 Å². The van der Waals surface area contributed by atoms with E-state index in [9.17, 15) is 19.2 Å². The summed E-state index contributed by atoms with van der Waals surface area (Å²) in [7, 11) is 2.35. The monoisotopic (exact) mass is 348 g/mol. The Hall–Kier alpha value is -2.20. The van der Waals surface area contributed by atoms with Crippen LogP contribution in [0.2, 0.25) is 0 Å². The molecule has 0 amide bonds. The molecule has 0 saturated carbocycles. The second-order valence-corrected chi connectivity index (χ2v) is 4.91. The molecule has 1 aliphatic rings. The fourth-order valence-electron chi connectivity index (χ4n) is 2.27. The maximum Gasteiger partial charge on any atom is 0.339 e. The molecule has 0 unspecified atom stereocenters. The minimum absolute atomic E-state index is 0.708. The highest BCUT2D eigenvalue weighted by Crippen LogP contribution is 2.29. The van der Waals surface area contributed by atoms with E-state index in [2.05, 4.69) is 4.74 Å². The summed E-state index contributed by atoms with van der Waals surface area (Å²) in [6, 6.07) is 0. The summed E-state index contributed by atoms with van der Waals surface area (Å²) in [5.41, 5.74) is 0. The molecule has 0 radical (unpaired) electrons. The van der Waals surface area contributed by atoms with Crippen molar-refractivity contribution in [3.63, 3.8) is 0 Å².